The lowest BCUT2D eigenvalue weighted by molar-refractivity contribution is -0.144. The first kappa shape index (κ1) is 21.6. The SMILES string of the molecule is COC(=O)CC(C)CC[C@@]1(C)[C@H](C)CC[C@]2(C)C(C(=O)OC)=CC(=O)C[C@H]12. The molecule has 0 aromatic carbocycles. The fourth-order valence-corrected chi connectivity index (χ4v) is 5.31. The molecule has 2 rings (SSSR count). The molecule has 0 aromatic heterocycles. The summed E-state index contributed by atoms with van der Waals surface area (Å²) in [4.78, 5) is 36.4. The number of hydrogen-bond donors (Lipinski definition) is 0. The minimum absolute atomic E-state index is 0.0146. The van der Waals surface area contributed by atoms with Crippen molar-refractivity contribution < 1.29 is 23.9 Å². The van der Waals surface area contributed by atoms with Crippen LogP contribution in [0.25, 0.3) is 0 Å². The van der Waals surface area contributed by atoms with Crippen LogP contribution in [0.5, 0.6) is 0 Å². The topological polar surface area (TPSA) is 69.7 Å². The highest BCUT2D eigenvalue weighted by Crippen LogP contribution is 2.61. The molecule has 0 amide bonds. The van der Waals surface area contributed by atoms with Crippen LogP contribution in [0.1, 0.15) is 66.2 Å². The smallest absolute Gasteiger partial charge is 0.334 e. The van der Waals surface area contributed by atoms with E-state index in [9.17, 15) is 14.4 Å². The van der Waals surface area contributed by atoms with Crippen LogP contribution < -0.4 is 0 Å². The van der Waals surface area contributed by atoms with Gasteiger partial charge in [0.1, 0.15) is 0 Å². The molecular formula is C22H34O5. The number of hydrogen-bond acceptors (Lipinski definition) is 5. The maximum absolute atomic E-state index is 12.5. The Kier molecular flexibility index (Phi) is 6.54. The van der Waals surface area contributed by atoms with Crippen molar-refractivity contribution in [2.45, 2.75) is 66.2 Å². The van der Waals surface area contributed by atoms with E-state index in [0.29, 0.717) is 24.3 Å². The molecule has 27 heavy (non-hydrogen) atoms. The molecule has 5 nitrogen and oxygen atoms in total. The summed E-state index contributed by atoms with van der Waals surface area (Å²) >= 11 is 0. The average Bonchev–Trinajstić information content (AvgIpc) is 2.64. The second-order valence-corrected chi connectivity index (χ2v) is 9.06. The maximum Gasteiger partial charge on any atom is 0.334 e. The van der Waals surface area contributed by atoms with Crippen LogP contribution in [-0.2, 0) is 23.9 Å². The van der Waals surface area contributed by atoms with Crippen LogP contribution in [0, 0.1) is 28.6 Å². The predicted molar refractivity (Wildman–Crippen MR) is 103 cm³/mol. The van der Waals surface area contributed by atoms with Gasteiger partial charge in [0.05, 0.1) is 14.2 Å². The molecule has 1 saturated carbocycles. The number of rotatable bonds is 6. The Morgan fingerprint density at radius 1 is 1.26 bits per heavy atom. The summed E-state index contributed by atoms with van der Waals surface area (Å²) in [7, 11) is 2.79. The number of carbonyl (C=O) groups excluding carboxylic acids is 3. The molecular weight excluding hydrogens is 344 g/mol. The van der Waals surface area contributed by atoms with Crippen LogP contribution in [0.4, 0.5) is 0 Å². The first-order valence-electron chi connectivity index (χ1n) is 9.98. The molecule has 0 heterocycles. The molecule has 0 bridgehead atoms. The number of esters is 2. The highest BCUT2D eigenvalue weighted by atomic mass is 16.5. The van der Waals surface area contributed by atoms with E-state index in [4.69, 9.17) is 9.47 Å². The van der Waals surface area contributed by atoms with Crippen LogP contribution in [0.3, 0.4) is 0 Å². The number of carbonyl (C=O) groups is 3. The molecule has 5 atom stereocenters. The van der Waals surface area contributed by atoms with Gasteiger partial charge in [-0.05, 0) is 54.9 Å². The fourth-order valence-electron chi connectivity index (χ4n) is 5.31. The Hall–Kier alpha value is -1.65. The standard InChI is InChI=1S/C22H34O5/c1-14(11-19(24)26-5)7-9-21(3)15(2)8-10-22(4)17(20(25)27-6)12-16(23)13-18(21)22/h12,14-15,18H,7-11,13H2,1-6H3/t14?,15-,18-,21+,22-/m1/s1. The van der Waals surface area contributed by atoms with Gasteiger partial charge in [-0.15, -0.1) is 0 Å². The second kappa shape index (κ2) is 8.15. The third-order valence-electron chi connectivity index (χ3n) is 7.44. The molecule has 2 aliphatic carbocycles. The van der Waals surface area contributed by atoms with Gasteiger partial charge < -0.3 is 9.47 Å². The number of ketones is 1. The van der Waals surface area contributed by atoms with Gasteiger partial charge in [0.25, 0.3) is 0 Å². The van der Waals surface area contributed by atoms with Crippen molar-refractivity contribution in [1.82, 2.24) is 0 Å². The highest BCUT2D eigenvalue weighted by molar-refractivity contribution is 6.02. The summed E-state index contributed by atoms with van der Waals surface area (Å²) in [6, 6.07) is 0. The van der Waals surface area contributed by atoms with Gasteiger partial charge in [-0.25, -0.2) is 4.79 Å². The summed E-state index contributed by atoms with van der Waals surface area (Å²) in [6.45, 7) is 8.71. The van der Waals surface area contributed by atoms with E-state index >= 15 is 0 Å². The van der Waals surface area contributed by atoms with Crippen molar-refractivity contribution >= 4 is 17.7 Å². The summed E-state index contributed by atoms with van der Waals surface area (Å²) in [5.74, 6) is 0.228. The lowest BCUT2D eigenvalue weighted by Crippen LogP contribution is -2.52. The van der Waals surface area contributed by atoms with Crippen molar-refractivity contribution in [3.63, 3.8) is 0 Å². The molecule has 0 aromatic rings. The number of ether oxygens (including phenoxy) is 2. The largest absolute Gasteiger partial charge is 0.469 e. The summed E-state index contributed by atoms with van der Waals surface area (Å²) in [5.41, 5.74) is 0.126. The summed E-state index contributed by atoms with van der Waals surface area (Å²) in [5, 5.41) is 0. The highest BCUT2D eigenvalue weighted by Gasteiger charge is 2.56. The van der Waals surface area contributed by atoms with Crippen molar-refractivity contribution in [3.8, 4) is 0 Å². The summed E-state index contributed by atoms with van der Waals surface area (Å²) < 4.78 is 9.78. The minimum atomic E-state index is -0.383. The lowest BCUT2D eigenvalue weighted by Gasteiger charge is -2.57. The van der Waals surface area contributed by atoms with Crippen molar-refractivity contribution in [1.29, 1.82) is 0 Å². The van der Waals surface area contributed by atoms with Crippen LogP contribution in [-0.4, -0.2) is 31.9 Å². The zero-order valence-electron chi connectivity index (χ0n) is 17.6. The van der Waals surface area contributed by atoms with Gasteiger partial charge in [-0.2, -0.15) is 0 Å². The first-order chi connectivity index (χ1) is 12.6. The Balaban J connectivity index is 2.28. The molecule has 0 spiro atoms. The monoisotopic (exact) mass is 378 g/mol. The fraction of sp³-hybridized carbons (Fsp3) is 0.773. The number of methoxy groups -OCH3 is 2. The zero-order chi connectivity index (χ0) is 20.4. The Morgan fingerprint density at radius 3 is 2.52 bits per heavy atom. The van der Waals surface area contributed by atoms with E-state index in [0.717, 1.165) is 25.7 Å². The van der Waals surface area contributed by atoms with Gasteiger partial charge in [-0.3, -0.25) is 9.59 Å². The van der Waals surface area contributed by atoms with Crippen molar-refractivity contribution in [2.75, 3.05) is 14.2 Å². The van der Waals surface area contributed by atoms with Gasteiger partial charge >= 0.3 is 11.9 Å². The van der Waals surface area contributed by atoms with E-state index in [2.05, 4.69) is 27.7 Å². The molecule has 5 heteroatoms. The third kappa shape index (κ3) is 4.12. The second-order valence-electron chi connectivity index (χ2n) is 9.06. The zero-order valence-corrected chi connectivity index (χ0v) is 17.6. The van der Waals surface area contributed by atoms with E-state index in [-0.39, 0.29) is 40.4 Å². The molecule has 0 saturated heterocycles. The molecule has 0 radical (unpaired) electrons. The normalized spacial score (nSPS) is 34.3. The molecule has 0 aliphatic heterocycles. The quantitative estimate of drug-likeness (QED) is 0.651. The third-order valence-corrected chi connectivity index (χ3v) is 7.44. The lowest BCUT2D eigenvalue weighted by atomic mass is 9.46. The van der Waals surface area contributed by atoms with Gasteiger partial charge in [0.15, 0.2) is 5.78 Å². The van der Waals surface area contributed by atoms with E-state index in [1.165, 1.54) is 20.3 Å². The molecule has 0 N–H and O–H groups in total. The number of fused-ring (bicyclic) bond motifs is 1. The summed E-state index contributed by atoms with van der Waals surface area (Å²) in [6.07, 6.45) is 6.12. The Morgan fingerprint density at radius 2 is 1.93 bits per heavy atom. The number of allylic oxidation sites excluding steroid dienone is 1. The van der Waals surface area contributed by atoms with Gasteiger partial charge in [0.2, 0.25) is 0 Å². The maximum atomic E-state index is 12.5. The first-order valence-corrected chi connectivity index (χ1v) is 9.98. The predicted octanol–water partition coefficient (Wildman–Crippen LogP) is 4.10. The molecule has 1 fully saturated rings. The molecule has 152 valence electrons. The Bertz CT molecular complexity index is 637. The van der Waals surface area contributed by atoms with E-state index < -0.39 is 0 Å². The van der Waals surface area contributed by atoms with Crippen LogP contribution in [0.15, 0.2) is 11.6 Å². The van der Waals surface area contributed by atoms with Crippen molar-refractivity contribution in [3.05, 3.63) is 11.6 Å². The Labute approximate surface area is 162 Å². The van der Waals surface area contributed by atoms with Gasteiger partial charge in [-0.1, -0.05) is 27.7 Å². The van der Waals surface area contributed by atoms with E-state index in [1.807, 2.05) is 0 Å². The van der Waals surface area contributed by atoms with Crippen LogP contribution in [0.2, 0.25) is 0 Å². The van der Waals surface area contributed by atoms with Crippen molar-refractivity contribution in [2.24, 2.45) is 28.6 Å². The average molecular weight is 379 g/mol. The van der Waals surface area contributed by atoms with E-state index in [1.54, 1.807) is 0 Å². The molecule has 2 aliphatic rings. The molecule has 1 unspecified atom stereocenters. The van der Waals surface area contributed by atoms with Crippen LogP contribution >= 0.6 is 0 Å². The van der Waals surface area contributed by atoms with Gasteiger partial charge in [0, 0.05) is 23.8 Å². The minimum Gasteiger partial charge on any atom is -0.469 e.